The van der Waals surface area contributed by atoms with Crippen LogP contribution >= 0.6 is 0 Å². The van der Waals surface area contributed by atoms with E-state index < -0.39 is 0 Å². The van der Waals surface area contributed by atoms with Crippen LogP contribution in [0.5, 0.6) is 5.75 Å². The number of carbonyl (C=O) groups excluding carboxylic acids is 3. The molecular formula is C32H38N2O6. The summed E-state index contributed by atoms with van der Waals surface area (Å²) >= 11 is 0. The van der Waals surface area contributed by atoms with Crippen LogP contribution in [0, 0.1) is 5.92 Å². The second-order valence-electron chi connectivity index (χ2n) is 10.5. The van der Waals surface area contributed by atoms with Crippen LogP contribution in [-0.4, -0.2) is 56.3 Å². The molecule has 0 atom stereocenters. The van der Waals surface area contributed by atoms with Crippen molar-refractivity contribution in [2.45, 2.75) is 51.7 Å². The summed E-state index contributed by atoms with van der Waals surface area (Å²) in [7, 11) is 0. The van der Waals surface area contributed by atoms with Crippen LogP contribution in [0.3, 0.4) is 0 Å². The van der Waals surface area contributed by atoms with Gasteiger partial charge in [0.25, 0.3) is 11.8 Å². The van der Waals surface area contributed by atoms with Gasteiger partial charge in [-0.15, -0.1) is 0 Å². The van der Waals surface area contributed by atoms with Crippen LogP contribution in [0.15, 0.2) is 66.7 Å². The van der Waals surface area contributed by atoms with Gasteiger partial charge in [-0.25, -0.2) is 4.79 Å². The molecule has 3 aromatic carbocycles. The molecule has 3 aromatic rings. The van der Waals surface area contributed by atoms with E-state index in [2.05, 4.69) is 10.6 Å². The maximum absolute atomic E-state index is 12.5. The molecule has 0 spiro atoms. The maximum atomic E-state index is 12.5. The van der Waals surface area contributed by atoms with E-state index in [-0.39, 0.29) is 36.6 Å². The van der Waals surface area contributed by atoms with Crippen LogP contribution in [-0.2, 0) is 14.3 Å². The number of ether oxygens (including phenoxy) is 3. The molecule has 0 radical (unpaired) electrons. The van der Waals surface area contributed by atoms with Crippen molar-refractivity contribution in [1.82, 2.24) is 10.6 Å². The Kier molecular flexibility index (Phi) is 10.5. The summed E-state index contributed by atoms with van der Waals surface area (Å²) in [6.07, 6.45) is 3.41. The molecule has 0 unspecified atom stereocenters. The first-order valence-corrected chi connectivity index (χ1v) is 14.0. The minimum atomic E-state index is -0.318. The summed E-state index contributed by atoms with van der Waals surface area (Å²) in [5, 5.41) is 7.77. The number of carbonyl (C=O) groups is 3. The van der Waals surface area contributed by atoms with Gasteiger partial charge in [-0.2, -0.15) is 0 Å². The van der Waals surface area contributed by atoms with Gasteiger partial charge in [0.1, 0.15) is 12.4 Å². The van der Waals surface area contributed by atoms with E-state index in [1.807, 2.05) is 50.2 Å². The van der Waals surface area contributed by atoms with E-state index in [0.717, 1.165) is 36.5 Å². The first-order chi connectivity index (χ1) is 19.4. The largest absolute Gasteiger partial charge is 0.490 e. The standard InChI is InChI=1S/C32H38N2O6/c1-22(2)20-39-30(35)21-38-27-13-15-29(16-14-27)40-28-11-9-24(10-12-28)31(36)33-17-18-34-32(37)26-8-7-23-5-3-4-6-25(23)19-26/h3-12,19,22,27,29H,13-18,20-21H2,1-2H3,(H,33,36)(H,34,37). The molecule has 8 heteroatoms. The van der Waals surface area contributed by atoms with E-state index in [1.54, 1.807) is 30.3 Å². The van der Waals surface area contributed by atoms with Crippen LogP contribution in [0.4, 0.5) is 0 Å². The number of amides is 2. The number of rotatable bonds is 12. The number of nitrogens with one attached hydrogen (secondary N) is 2. The third kappa shape index (κ3) is 8.81. The summed E-state index contributed by atoms with van der Waals surface area (Å²) in [4.78, 5) is 36.7. The zero-order valence-electron chi connectivity index (χ0n) is 23.2. The van der Waals surface area contributed by atoms with Gasteiger partial charge in [0.05, 0.1) is 18.8 Å². The molecule has 4 rings (SSSR count). The first-order valence-electron chi connectivity index (χ1n) is 14.0. The Bertz CT molecular complexity index is 1280. The van der Waals surface area contributed by atoms with Crippen molar-refractivity contribution < 1.29 is 28.6 Å². The van der Waals surface area contributed by atoms with Crippen molar-refractivity contribution in [1.29, 1.82) is 0 Å². The number of hydrogen-bond donors (Lipinski definition) is 2. The normalized spacial score (nSPS) is 16.9. The van der Waals surface area contributed by atoms with Crippen molar-refractivity contribution in [3.63, 3.8) is 0 Å². The lowest BCUT2D eigenvalue weighted by molar-refractivity contribution is -0.153. The minimum Gasteiger partial charge on any atom is -0.490 e. The molecule has 1 saturated carbocycles. The predicted molar refractivity (Wildman–Crippen MR) is 153 cm³/mol. The van der Waals surface area contributed by atoms with Crippen molar-refractivity contribution >= 4 is 28.6 Å². The molecule has 1 aliphatic carbocycles. The Labute approximate surface area is 235 Å². The van der Waals surface area contributed by atoms with E-state index in [9.17, 15) is 14.4 Å². The van der Waals surface area contributed by atoms with Gasteiger partial charge in [0.15, 0.2) is 0 Å². The smallest absolute Gasteiger partial charge is 0.332 e. The van der Waals surface area contributed by atoms with Gasteiger partial charge in [-0.1, -0.05) is 44.2 Å². The summed E-state index contributed by atoms with van der Waals surface area (Å²) < 4.78 is 17.0. The average molecular weight is 547 g/mol. The van der Waals surface area contributed by atoms with Gasteiger partial charge < -0.3 is 24.8 Å². The Morgan fingerprint density at radius 3 is 2.05 bits per heavy atom. The van der Waals surface area contributed by atoms with Crippen molar-refractivity contribution in [2.75, 3.05) is 26.3 Å². The van der Waals surface area contributed by atoms with E-state index in [1.165, 1.54) is 0 Å². The Balaban J connectivity index is 1.12. The van der Waals surface area contributed by atoms with Crippen molar-refractivity contribution in [3.05, 3.63) is 77.9 Å². The SMILES string of the molecule is CC(C)COC(=O)COC1CCC(Oc2ccc(C(=O)NCCNC(=O)c3ccc4ccccc4c3)cc2)CC1. The molecular weight excluding hydrogens is 508 g/mol. The van der Waals surface area contributed by atoms with E-state index >= 15 is 0 Å². The van der Waals surface area contributed by atoms with Gasteiger partial charge in [-0.3, -0.25) is 9.59 Å². The second-order valence-corrected chi connectivity index (χ2v) is 10.5. The Morgan fingerprint density at radius 1 is 0.775 bits per heavy atom. The highest BCUT2D eigenvalue weighted by Crippen LogP contribution is 2.26. The van der Waals surface area contributed by atoms with Gasteiger partial charge in [0, 0.05) is 24.2 Å². The maximum Gasteiger partial charge on any atom is 0.332 e. The highest BCUT2D eigenvalue weighted by Gasteiger charge is 2.24. The summed E-state index contributed by atoms with van der Waals surface area (Å²) in [5.41, 5.74) is 1.11. The van der Waals surface area contributed by atoms with Crippen LogP contribution in [0.25, 0.3) is 10.8 Å². The highest BCUT2D eigenvalue weighted by molar-refractivity contribution is 5.98. The zero-order valence-corrected chi connectivity index (χ0v) is 23.2. The third-order valence-corrected chi connectivity index (χ3v) is 6.76. The Morgan fingerprint density at radius 2 is 1.38 bits per heavy atom. The zero-order chi connectivity index (χ0) is 28.3. The highest BCUT2D eigenvalue weighted by atomic mass is 16.6. The molecule has 40 heavy (non-hydrogen) atoms. The number of benzene rings is 3. The molecule has 0 bridgehead atoms. The minimum absolute atomic E-state index is 0.0107. The summed E-state index contributed by atoms with van der Waals surface area (Å²) in [6.45, 7) is 5.03. The lowest BCUT2D eigenvalue weighted by Gasteiger charge is -2.28. The quantitative estimate of drug-likeness (QED) is 0.247. The summed E-state index contributed by atoms with van der Waals surface area (Å²) in [5.74, 6) is 0.312. The molecule has 212 valence electrons. The molecule has 2 amide bonds. The molecule has 0 aromatic heterocycles. The fourth-order valence-electron chi connectivity index (χ4n) is 4.57. The molecule has 2 N–H and O–H groups in total. The van der Waals surface area contributed by atoms with Crippen LogP contribution in [0.2, 0.25) is 0 Å². The molecule has 8 nitrogen and oxygen atoms in total. The van der Waals surface area contributed by atoms with Gasteiger partial charge in [-0.05, 0) is 78.8 Å². The van der Waals surface area contributed by atoms with E-state index in [0.29, 0.717) is 42.5 Å². The molecule has 1 aliphatic rings. The number of hydrogen-bond acceptors (Lipinski definition) is 6. The average Bonchev–Trinajstić information content (AvgIpc) is 2.97. The monoisotopic (exact) mass is 546 g/mol. The Hall–Kier alpha value is -3.91. The van der Waals surface area contributed by atoms with Crippen molar-refractivity contribution in [3.8, 4) is 5.75 Å². The summed E-state index contributed by atoms with van der Waals surface area (Å²) in [6, 6.07) is 20.5. The molecule has 0 saturated heterocycles. The number of fused-ring (bicyclic) bond motifs is 1. The molecule has 0 heterocycles. The lowest BCUT2D eigenvalue weighted by Crippen LogP contribution is -2.34. The number of esters is 1. The predicted octanol–water partition coefficient (Wildman–Crippen LogP) is 4.91. The van der Waals surface area contributed by atoms with E-state index in [4.69, 9.17) is 14.2 Å². The van der Waals surface area contributed by atoms with Gasteiger partial charge in [0.2, 0.25) is 0 Å². The van der Waals surface area contributed by atoms with Crippen LogP contribution < -0.4 is 15.4 Å². The molecule has 0 aliphatic heterocycles. The lowest BCUT2D eigenvalue weighted by atomic mass is 9.95. The second kappa shape index (κ2) is 14.5. The molecule has 1 fully saturated rings. The fraction of sp³-hybridized carbons (Fsp3) is 0.406. The first kappa shape index (κ1) is 29.1. The fourth-order valence-corrected chi connectivity index (χ4v) is 4.57. The van der Waals surface area contributed by atoms with Crippen LogP contribution in [0.1, 0.15) is 60.2 Å². The topological polar surface area (TPSA) is 103 Å². The van der Waals surface area contributed by atoms with Gasteiger partial charge >= 0.3 is 5.97 Å². The van der Waals surface area contributed by atoms with Crippen molar-refractivity contribution in [2.24, 2.45) is 5.92 Å². The third-order valence-electron chi connectivity index (χ3n) is 6.76.